The van der Waals surface area contributed by atoms with E-state index in [4.69, 9.17) is 0 Å². The average Bonchev–Trinajstić information content (AvgIpc) is 3.21. The molecule has 5 aliphatic rings. The molecule has 1 aromatic carbocycles. The first kappa shape index (κ1) is 27.1. The highest BCUT2D eigenvalue weighted by molar-refractivity contribution is 5.55. The summed E-state index contributed by atoms with van der Waals surface area (Å²) in [5, 5.41) is 11.8. The number of aliphatic hydroxyl groups is 1. The number of benzene rings is 1. The molecule has 210 valence electrons. The van der Waals surface area contributed by atoms with Crippen molar-refractivity contribution in [1.82, 2.24) is 0 Å². The normalized spacial score (nSPS) is 50.7. The van der Waals surface area contributed by atoms with E-state index in [-0.39, 0.29) is 16.9 Å². The van der Waals surface area contributed by atoms with Gasteiger partial charge < -0.3 is 5.11 Å². The van der Waals surface area contributed by atoms with Gasteiger partial charge in [-0.25, -0.2) is 0 Å². The van der Waals surface area contributed by atoms with Gasteiger partial charge in [0.05, 0.1) is 6.10 Å². The van der Waals surface area contributed by atoms with E-state index in [0.29, 0.717) is 22.2 Å². The minimum Gasteiger partial charge on any atom is -0.388 e. The third kappa shape index (κ3) is 3.51. The van der Waals surface area contributed by atoms with Crippen LogP contribution in [0.2, 0.25) is 0 Å². The van der Waals surface area contributed by atoms with Crippen molar-refractivity contribution in [1.29, 1.82) is 0 Å². The Bertz CT molecular complexity index is 1080. The second kappa shape index (κ2) is 8.71. The van der Waals surface area contributed by atoms with Crippen LogP contribution in [0.25, 0.3) is 6.08 Å². The first-order valence-corrected chi connectivity index (χ1v) is 16.2. The zero-order valence-electron chi connectivity index (χ0n) is 25.8. The lowest BCUT2D eigenvalue weighted by Gasteiger charge is -2.73. The van der Waals surface area contributed by atoms with Gasteiger partial charge in [-0.15, -0.1) is 0 Å². The van der Waals surface area contributed by atoms with Crippen molar-refractivity contribution in [2.45, 2.75) is 119 Å². The molecule has 0 heterocycles. The van der Waals surface area contributed by atoms with Gasteiger partial charge in [0.15, 0.2) is 0 Å². The van der Waals surface area contributed by atoms with Gasteiger partial charge in [-0.05, 0) is 132 Å². The average molecular weight is 517 g/mol. The Kier molecular flexibility index (Phi) is 6.21. The first-order valence-electron chi connectivity index (χ1n) is 16.2. The standard InChI is InChI=1S/C37H56O/c1-24(2)27-16-18-34(5)20-21-36(7)28(31(27)34)14-15-30-35(6)23-26(22-25-12-10-9-11-13-25)32(38)33(3,4)29(35)17-19-37(30,36)8/h9-13,22,24,27-32,38H,14-21,23H2,1-8H3/b26-22-/t27-,28+,29-,30+,31+,32-,34+,35+,36+,37-/m0/s1. The second-order valence-electron chi connectivity index (χ2n) is 16.8. The van der Waals surface area contributed by atoms with Crippen LogP contribution in [0.4, 0.5) is 0 Å². The van der Waals surface area contributed by atoms with E-state index in [9.17, 15) is 5.11 Å². The van der Waals surface area contributed by atoms with Crippen LogP contribution in [0.5, 0.6) is 0 Å². The Morgan fingerprint density at radius 3 is 2.18 bits per heavy atom. The SMILES string of the molecule is CC(C)[C@@H]1CC[C@]2(C)CC[C@]3(C)[C@H](CC[C@@H]4[C@]5(C)C/C(=C/c6ccccc6)[C@H](O)C(C)(C)[C@@H]5CC[C@@]43C)[C@@H]12. The first-order chi connectivity index (χ1) is 17.8. The summed E-state index contributed by atoms with van der Waals surface area (Å²) in [6.45, 7) is 20.7. The summed E-state index contributed by atoms with van der Waals surface area (Å²) in [5.74, 6) is 4.86. The molecule has 0 unspecified atom stereocenters. The fourth-order valence-electron chi connectivity index (χ4n) is 12.7. The summed E-state index contributed by atoms with van der Waals surface area (Å²) >= 11 is 0. The predicted octanol–water partition coefficient (Wildman–Crippen LogP) is 9.80. The van der Waals surface area contributed by atoms with Crippen molar-refractivity contribution in [3.8, 4) is 0 Å². The number of rotatable bonds is 2. The van der Waals surface area contributed by atoms with Crippen LogP contribution in [-0.2, 0) is 0 Å². The minimum atomic E-state index is -0.349. The monoisotopic (exact) mass is 516 g/mol. The van der Waals surface area contributed by atoms with Crippen LogP contribution < -0.4 is 0 Å². The van der Waals surface area contributed by atoms with Gasteiger partial charge in [0, 0.05) is 0 Å². The highest BCUT2D eigenvalue weighted by atomic mass is 16.3. The van der Waals surface area contributed by atoms with E-state index in [1.807, 2.05) is 0 Å². The van der Waals surface area contributed by atoms with Crippen LogP contribution in [0.1, 0.15) is 119 Å². The number of hydrogen-bond acceptors (Lipinski definition) is 1. The van der Waals surface area contributed by atoms with Crippen molar-refractivity contribution in [3.05, 3.63) is 41.5 Å². The van der Waals surface area contributed by atoms with E-state index in [2.05, 4.69) is 91.8 Å². The molecule has 5 saturated carbocycles. The fourth-order valence-corrected chi connectivity index (χ4v) is 12.7. The van der Waals surface area contributed by atoms with E-state index >= 15 is 0 Å². The van der Waals surface area contributed by atoms with E-state index in [1.54, 1.807) is 0 Å². The van der Waals surface area contributed by atoms with Crippen molar-refractivity contribution in [2.24, 2.45) is 62.6 Å². The molecule has 0 aromatic heterocycles. The van der Waals surface area contributed by atoms with Crippen molar-refractivity contribution >= 4 is 6.08 Å². The lowest BCUT2D eigenvalue weighted by molar-refractivity contribution is -0.240. The zero-order chi connectivity index (χ0) is 27.3. The van der Waals surface area contributed by atoms with Gasteiger partial charge >= 0.3 is 0 Å². The molecule has 10 atom stereocenters. The molecule has 38 heavy (non-hydrogen) atoms. The summed E-state index contributed by atoms with van der Waals surface area (Å²) in [7, 11) is 0. The molecule has 1 nitrogen and oxygen atoms in total. The third-order valence-electron chi connectivity index (χ3n) is 14.7. The zero-order valence-corrected chi connectivity index (χ0v) is 25.8. The molecule has 5 fully saturated rings. The topological polar surface area (TPSA) is 20.2 Å². The van der Waals surface area contributed by atoms with Gasteiger partial charge in [0.2, 0.25) is 0 Å². The van der Waals surface area contributed by atoms with Gasteiger partial charge in [0.25, 0.3) is 0 Å². The van der Waals surface area contributed by atoms with Crippen molar-refractivity contribution in [3.63, 3.8) is 0 Å². The summed E-state index contributed by atoms with van der Waals surface area (Å²) in [5.41, 5.74) is 4.08. The van der Waals surface area contributed by atoms with Gasteiger partial charge in [-0.2, -0.15) is 0 Å². The van der Waals surface area contributed by atoms with Gasteiger partial charge in [0.1, 0.15) is 0 Å². The third-order valence-corrected chi connectivity index (χ3v) is 14.7. The van der Waals surface area contributed by atoms with Crippen LogP contribution >= 0.6 is 0 Å². The molecule has 6 rings (SSSR count). The van der Waals surface area contributed by atoms with Gasteiger partial charge in [-0.3, -0.25) is 0 Å². The molecule has 0 bridgehead atoms. The van der Waals surface area contributed by atoms with Crippen LogP contribution in [0.15, 0.2) is 35.9 Å². The summed E-state index contributed by atoms with van der Waals surface area (Å²) in [6, 6.07) is 10.7. The lowest BCUT2D eigenvalue weighted by Crippen LogP contribution is -2.66. The minimum absolute atomic E-state index is 0.0912. The Hall–Kier alpha value is -1.08. The molecule has 0 aliphatic heterocycles. The number of hydrogen-bond donors (Lipinski definition) is 1. The number of fused-ring (bicyclic) bond motifs is 7. The fraction of sp³-hybridized carbons (Fsp3) is 0.784. The molecular formula is C37H56O. The molecule has 0 saturated heterocycles. The molecule has 0 spiro atoms. The molecular weight excluding hydrogens is 460 g/mol. The van der Waals surface area contributed by atoms with E-state index in [0.717, 1.165) is 36.0 Å². The maximum Gasteiger partial charge on any atom is 0.0807 e. The maximum atomic E-state index is 11.8. The predicted molar refractivity (Wildman–Crippen MR) is 160 cm³/mol. The van der Waals surface area contributed by atoms with Crippen LogP contribution in [-0.4, -0.2) is 11.2 Å². The lowest BCUT2D eigenvalue weighted by atomic mass is 9.32. The highest BCUT2D eigenvalue weighted by Crippen LogP contribution is 2.77. The van der Waals surface area contributed by atoms with E-state index in [1.165, 1.54) is 62.5 Å². The van der Waals surface area contributed by atoms with Crippen molar-refractivity contribution in [2.75, 3.05) is 0 Å². The Balaban J connectivity index is 1.40. The smallest absolute Gasteiger partial charge is 0.0807 e. The second-order valence-corrected chi connectivity index (χ2v) is 16.8. The van der Waals surface area contributed by atoms with Crippen LogP contribution in [0.3, 0.4) is 0 Å². The Morgan fingerprint density at radius 1 is 0.789 bits per heavy atom. The summed E-state index contributed by atoms with van der Waals surface area (Å²) in [6.07, 6.45) is 14.3. The summed E-state index contributed by atoms with van der Waals surface area (Å²) < 4.78 is 0. The largest absolute Gasteiger partial charge is 0.388 e. The highest BCUT2D eigenvalue weighted by Gasteiger charge is 2.70. The molecule has 0 radical (unpaired) electrons. The van der Waals surface area contributed by atoms with Gasteiger partial charge in [-0.1, -0.05) is 91.8 Å². The van der Waals surface area contributed by atoms with Crippen molar-refractivity contribution < 1.29 is 5.11 Å². The molecule has 1 N–H and O–H groups in total. The molecule has 0 amide bonds. The van der Waals surface area contributed by atoms with Crippen LogP contribution in [0, 0.1) is 62.6 Å². The van der Waals surface area contributed by atoms with E-state index < -0.39 is 0 Å². The molecule has 1 aromatic rings. The molecule has 1 heteroatoms. The number of aliphatic hydroxyl groups excluding tert-OH is 1. The quantitative estimate of drug-likeness (QED) is 0.415. The Labute approximate surface area is 234 Å². The summed E-state index contributed by atoms with van der Waals surface area (Å²) in [4.78, 5) is 0. The Morgan fingerprint density at radius 2 is 1.50 bits per heavy atom. The molecule has 5 aliphatic carbocycles. The maximum absolute atomic E-state index is 11.8.